The zero-order valence-electron chi connectivity index (χ0n) is 18.9. The van der Waals surface area contributed by atoms with Gasteiger partial charge in [-0.15, -0.1) is 0 Å². The number of phosphoric acid groups is 3. The zero-order chi connectivity index (χ0) is 24.8. The summed E-state index contributed by atoms with van der Waals surface area (Å²) in [6, 6.07) is 5.17. The highest BCUT2D eigenvalue weighted by atomic mass is 31.3. The molecule has 3 rings (SSSR count). The molecule has 2 heterocycles. The van der Waals surface area contributed by atoms with Gasteiger partial charge in [-0.1, -0.05) is 12.1 Å². The molecule has 1 fully saturated rings. The van der Waals surface area contributed by atoms with E-state index in [0.717, 1.165) is 16.8 Å². The van der Waals surface area contributed by atoms with E-state index in [2.05, 4.69) is 13.1 Å². The van der Waals surface area contributed by atoms with E-state index in [1.165, 1.54) is 18.2 Å². The van der Waals surface area contributed by atoms with Crippen LogP contribution in [-0.2, 0) is 31.6 Å². The van der Waals surface area contributed by atoms with E-state index in [1.807, 2.05) is 0 Å². The number of aliphatic hydroxyl groups is 2. The molecular weight excluding hydrogens is 560 g/mol. The summed E-state index contributed by atoms with van der Waals surface area (Å²) in [7, 11) is -17.9. The van der Waals surface area contributed by atoms with Gasteiger partial charge in [-0.05, 0) is 17.5 Å². The number of halogens is 1. The third-order valence-corrected chi connectivity index (χ3v) is 8.01. The van der Waals surface area contributed by atoms with Crippen molar-refractivity contribution in [2.45, 2.75) is 24.5 Å². The van der Waals surface area contributed by atoms with Crippen LogP contribution in [0.5, 0.6) is 0 Å². The molecule has 1 saturated heterocycles. The molecule has 1 aromatic carbocycles. The molecule has 0 amide bonds. The molecule has 1 aromatic heterocycles. The summed E-state index contributed by atoms with van der Waals surface area (Å²) in [4.78, 5) is 54.2. The Bertz CT molecular complexity index is 1260. The molecule has 1 aliphatic rings. The zero-order valence-corrected chi connectivity index (χ0v) is 21.6. The normalized spacial score (nSPS) is 26.4. The average Bonchev–Trinajstić information content (AvgIpc) is 2.92. The molecule has 208 valence electrons. The van der Waals surface area contributed by atoms with Gasteiger partial charge in [0.05, 0.1) is 12.0 Å². The molecule has 22 heteroatoms. The molecule has 0 aliphatic carbocycles. The number of phosphoric ester groups is 1. The van der Waals surface area contributed by atoms with Gasteiger partial charge in [0.1, 0.15) is 24.1 Å². The lowest BCUT2D eigenvalue weighted by atomic mass is 10.1. The van der Waals surface area contributed by atoms with Crippen molar-refractivity contribution < 1.29 is 65.8 Å². The van der Waals surface area contributed by atoms with E-state index < -0.39 is 66.0 Å². The second-order valence-electron chi connectivity index (χ2n) is 6.60. The molecule has 1 aliphatic heterocycles. The molecule has 0 saturated carbocycles. The average molecular weight is 586 g/mol. The maximum absolute atomic E-state index is 14.1. The van der Waals surface area contributed by atoms with Crippen molar-refractivity contribution in [1.29, 1.82) is 0 Å². The maximum atomic E-state index is 14.1. The van der Waals surface area contributed by atoms with Crippen molar-refractivity contribution in [2.75, 3.05) is 6.61 Å². The Kier molecular flexibility index (Phi) is 11.9. The van der Waals surface area contributed by atoms with Crippen LogP contribution in [0.25, 0.3) is 10.8 Å². The largest absolute Gasteiger partial charge is 0.756 e. The lowest BCUT2D eigenvalue weighted by Gasteiger charge is -2.33. The minimum Gasteiger partial charge on any atom is -0.756 e. The summed E-state index contributed by atoms with van der Waals surface area (Å²) in [5.41, 5.74) is -0.934. The van der Waals surface area contributed by atoms with E-state index in [9.17, 15) is 47.8 Å². The monoisotopic (exact) mass is 586 g/mol. The Morgan fingerprint density at radius 3 is 2.19 bits per heavy atom. The van der Waals surface area contributed by atoms with Gasteiger partial charge in [-0.25, -0.2) is 13.0 Å². The molecule has 18 nitrogen and oxygen atoms in total. The Morgan fingerprint density at radius 2 is 1.61 bits per heavy atom. The standard InChI is InChI=1S/C14H17FNO14P3.3H3N/c15-8-3-1-2-7-4-5-16(13(19)10(7)8)14-12(18)11(17)9(28-14)6-27-32(23,24)30-33(25,26)29-31(20,21)22;;;/h1-5,9,11-12,14,17-18H,6H2,(H,23,24)(H,25,26)(H2,20,21,22);3*1H3/t9-,11-,12-,14-;;;/m1.../s1. The Morgan fingerprint density at radius 1 is 1.00 bits per heavy atom. The van der Waals surface area contributed by atoms with Crippen LogP contribution in [0.3, 0.4) is 0 Å². The highest BCUT2D eigenvalue weighted by molar-refractivity contribution is 7.65. The number of fused-ring (bicyclic) bond motifs is 1. The number of quaternary nitrogens is 3. The van der Waals surface area contributed by atoms with Crippen molar-refractivity contribution in [3.8, 4) is 0 Å². The molecule has 2 aromatic rings. The van der Waals surface area contributed by atoms with Gasteiger partial charge >= 0.3 is 0 Å². The SMILES string of the molecule is O=c1c2c(F)cccc2ccn1[C@@H]1O[C@H](COP(=O)([O-])OP(=O)([O-])OP(=O)([O-])O)[C@@H](O)[C@H]1O.[NH4+].[NH4+].[NH4+]. The van der Waals surface area contributed by atoms with Crippen molar-refractivity contribution in [3.05, 3.63) is 46.6 Å². The van der Waals surface area contributed by atoms with Gasteiger partial charge in [0, 0.05) is 6.20 Å². The van der Waals surface area contributed by atoms with Crippen LogP contribution in [0.1, 0.15) is 6.23 Å². The number of nitrogens with zero attached hydrogens (tertiary/aromatic N) is 1. The minimum absolute atomic E-state index is 0. The first-order valence-corrected chi connectivity index (χ1v) is 13.1. The third-order valence-electron chi connectivity index (χ3n) is 4.32. The molecular formula is C14H26FN4O14P3. The van der Waals surface area contributed by atoms with E-state index in [-0.39, 0.29) is 29.2 Å². The van der Waals surface area contributed by atoms with Crippen LogP contribution in [-0.4, -0.2) is 44.6 Å². The first kappa shape index (κ1) is 34.5. The fraction of sp³-hybridized carbons (Fsp3) is 0.357. The maximum Gasteiger partial charge on any atom is 0.280 e. The third kappa shape index (κ3) is 8.01. The number of hydrogen-bond acceptors (Lipinski definition) is 13. The van der Waals surface area contributed by atoms with Gasteiger partial charge in [0.25, 0.3) is 29.0 Å². The minimum atomic E-state index is -6.13. The highest BCUT2D eigenvalue weighted by Crippen LogP contribution is 2.61. The Labute approximate surface area is 201 Å². The number of ether oxygens (including phenoxy) is 1. The molecule has 3 unspecified atom stereocenters. The number of aliphatic hydroxyl groups excluding tert-OH is 2. The van der Waals surface area contributed by atoms with E-state index in [4.69, 9.17) is 9.63 Å². The van der Waals surface area contributed by atoms with E-state index in [1.54, 1.807) is 0 Å². The van der Waals surface area contributed by atoms with Gasteiger partial charge in [-0.3, -0.25) is 23.1 Å². The molecule has 0 radical (unpaired) electrons. The van der Waals surface area contributed by atoms with Crippen molar-refractivity contribution >= 4 is 34.2 Å². The topological polar surface area (TPSA) is 350 Å². The van der Waals surface area contributed by atoms with Crippen LogP contribution in [0.4, 0.5) is 4.39 Å². The lowest BCUT2D eigenvalue weighted by molar-refractivity contribution is -0.250. The molecule has 0 bridgehead atoms. The van der Waals surface area contributed by atoms with Crippen LogP contribution < -0.4 is 38.7 Å². The number of pyridine rings is 1. The van der Waals surface area contributed by atoms with Crippen LogP contribution in [0.2, 0.25) is 0 Å². The predicted molar refractivity (Wildman–Crippen MR) is 115 cm³/mol. The van der Waals surface area contributed by atoms with Gasteiger partial charge < -0.3 is 57.5 Å². The second-order valence-corrected chi connectivity index (χ2v) is 10.9. The first-order valence-electron chi connectivity index (χ1n) is 8.64. The summed E-state index contributed by atoms with van der Waals surface area (Å²) < 4.78 is 64.0. The summed E-state index contributed by atoms with van der Waals surface area (Å²) in [6.45, 7) is -1.17. The Hall–Kier alpha value is -1.47. The van der Waals surface area contributed by atoms with Gasteiger partial charge in [-0.2, -0.15) is 0 Å². The molecule has 7 atom stereocenters. The van der Waals surface area contributed by atoms with E-state index >= 15 is 0 Å². The fourth-order valence-corrected chi connectivity index (χ4v) is 5.91. The predicted octanol–water partition coefficient (Wildman–Crippen LogP) is -0.664. The quantitative estimate of drug-likeness (QED) is 0.209. The van der Waals surface area contributed by atoms with Gasteiger partial charge in [0.2, 0.25) is 0 Å². The number of benzene rings is 1. The number of hydrogen-bond donors (Lipinski definition) is 6. The van der Waals surface area contributed by atoms with Crippen molar-refractivity contribution in [3.63, 3.8) is 0 Å². The second kappa shape index (κ2) is 12.4. The van der Waals surface area contributed by atoms with Crippen molar-refractivity contribution in [1.82, 2.24) is 23.0 Å². The Balaban J connectivity index is 0.00000408. The number of aromatic nitrogens is 1. The lowest BCUT2D eigenvalue weighted by Crippen LogP contribution is -2.35. The first-order chi connectivity index (χ1) is 15.1. The molecule has 36 heavy (non-hydrogen) atoms. The fourth-order valence-electron chi connectivity index (χ4n) is 3.01. The summed E-state index contributed by atoms with van der Waals surface area (Å²) in [5, 5.41) is 20.2. The van der Waals surface area contributed by atoms with Crippen LogP contribution >= 0.6 is 23.5 Å². The molecule has 0 spiro atoms. The number of rotatable bonds is 8. The smallest absolute Gasteiger partial charge is 0.280 e. The summed E-state index contributed by atoms with van der Waals surface area (Å²) in [6.07, 6.45) is -5.85. The van der Waals surface area contributed by atoms with Crippen LogP contribution in [0, 0.1) is 5.82 Å². The highest BCUT2D eigenvalue weighted by Gasteiger charge is 2.44. The van der Waals surface area contributed by atoms with Crippen LogP contribution in [0.15, 0.2) is 35.3 Å². The van der Waals surface area contributed by atoms with Gasteiger partial charge in [0.15, 0.2) is 6.23 Å². The molecule has 15 N–H and O–H groups in total. The summed E-state index contributed by atoms with van der Waals surface area (Å²) >= 11 is 0. The van der Waals surface area contributed by atoms with E-state index in [0.29, 0.717) is 0 Å². The summed E-state index contributed by atoms with van der Waals surface area (Å²) in [5.74, 6) is -0.862. The van der Waals surface area contributed by atoms with Crippen molar-refractivity contribution in [2.24, 2.45) is 0 Å².